The lowest BCUT2D eigenvalue weighted by Crippen LogP contribution is -2.13. The van der Waals surface area contributed by atoms with E-state index >= 15 is 0 Å². The molecule has 0 aromatic carbocycles. The van der Waals surface area contributed by atoms with Gasteiger partial charge in [0, 0.05) is 5.41 Å². The van der Waals surface area contributed by atoms with Crippen molar-refractivity contribution in [2.24, 2.45) is 0 Å². The molecule has 2 aromatic rings. The zero-order chi connectivity index (χ0) is 10.3. The number of nitrogens with zero attached hydrogens (tertiary/aromatic N) is 3. The molecule has 0 aliphatic heterocycles. The molecule has 2 aromatic heterocycles. The minimum absolute atomic E-state index is 0.0546. The molecule has 0 saturated heterocycles. The summed E-state index contributed by atoms with van der Waals surface area (Å²) in [7, 11) is 0. The van der Waals surface area contributed by atoms with Gasteiger partial charge in [0.2, 0.25) is 0 Å². The Labute approximate surface area is 87.2 Å². The lowest BCUT2D eigenvalue weighted by atomic mass is 9.93. The topological polar surface area (TPSA) is 38.7 Å². The van der Waals surface area contributed by atoms with Gasteiger partial charge in [-0.3, -0.25) is 0 Å². The highest BCUT2D eigenvalue weighted by Crippen LogP contribution is 2.23. The summed E-state index contributed by atoms with van der Waals surface area (Å²) in [5.74, 6) is 0. The molecule has 0 unspecified atom stereocenters. The Hall–Kier alpha value is -1.03. The fraction of sp³-hybridized carbons (Fsp3) is 0.500. The van der Waals surface area contributed by atoms with Crippen LogP contribution in [-0.4, -0.2) is 15.0 Å². The normalized spacial score (nSPS) is 12.3. The Morgan fingerprint density at radius 2 is 1.93 bits per heavy atom. The zero-order valence-corrected chi connectivity index (χ0v) is 9.64. The molecular weight excluding hydrogens is 194 g/mol. The SMILES string of the molecule is Cc1nc2ncc(C(C)(C)C)nc2s1. The largest absolute Gasteiger partial charge is 0.236 e. The summed E-state index contributed by atoms with van der Waals surface area (Å²) in [6, 6.07) is 0. The van der Waals surface area contributed by atoms with Crippen LogP contribution in [0.25, 0.3) is 10.5 Å². The van der Waals surface area contributed by atoms with Crippen LogP contribution in [-0.2, 0) is 5.41 Å². The zero-order valence-electron chi connectivity index (χ0n) is 8.83. The summed E-state index contributed by atoms with van der Waals surface area (Å²) in [6.45, 7) is 8.38. The van der Waals surface area contributed by atoms with Gasteiger partial charge < -0.3 is 0 Å². The molecule has 14 heavy (non-hydrogen) atoms. The van der Waals surface area contributed by atoms with Gasteiger partial charge in [0.15, 0.2) is 10.5 Å². The molecule has 0 bridgehead atoms. The monoisotopic (exact) mass is 207 g/mol. The number of hydrogen-bond donors (Lipinski definition) is 0. The first-order chi connectivity index (χ1) is 6.47. The predicted molar refractivity (Wildman–Crippen MR) is 58.6 cm³/mol. The average molecular weight is 207 g/mol. The fourth-order valence-corrected chi connectivity index (χ4v) is 1.93. The van der Waals surface area contributed by atoms with Crippen LogP contribution in [0.5, 0.6) is 0 Å². The van der Waals surface area contributed by atoms with Crippen LogP contribution in [0.4, 0.5) is 0 Å². The van der Waals surface area contributed by atoms with Gasteiger partial charge in [-0.25, -0.2) is 15.0 Å². The highest BCUT2D eigenvalue weighted by atomic mass is 32.1. The maximum absolute atomic E-state index is 4.56. The average Bonchev–Trinajstić information content (AvgIpc) is 2.41. The first-order valence-electron chi connectivity index (χ1n) is 4.57. The fourth-order valence-electron chi connectivity index (χ4n) is 1.18. The van der Waals surface area contributed by atoms with Crippen molar-refractivity contribution in [3.63, 3.8) is 0 Å². The van der Waals surface area contributed by atoms with E-state index in [9.17, 15) is 0 Å². The van der Waals surface area contributed by atoms with Crippen molar-refractivity contribution in [1.82, 2.24) is 15.0 Å². The van der Waals surface area contributed by atoms with Crippen LogP contribution >= 0.6 is 11.3 Å². The Bertz CT molecular complexity index is 468. The Morgan fingerprint density at radius 1 is 1.21 bits per heavy atom. The van der Waals surface area contributed by atoms with Crippen LogP contribution < -0.4 is 0 Å². The van der Waals surface area contributed by atoms with Gasteiger partial charge in [-0.15, -0.1) is 0 Å². The number of fused-ring (bicyclic) bond motifs is 1. The Morgan fingerprint density at radius 3 is 2.57 bits per heavy atom. The highest BCUT2D eigenvalue weighted by molar-refractivity contribution is 7.18. The van der Waals surface area contributed by atoms with Crippen LogP contribution in [0.15, 0.2) is 6.20 Å². The smallest absolute Gasteiger partial charge is 0.189 e. The van der Waals surface area contributed by atoms with Gasteiger partial charge in [-0.05, 0) is 6.92 Å². The van der Waals surface area contributed by atoms with E-state index in [1.54, 1.807) is 11.3 Å². The van der Waals surface area contributed by atoms with E-state index in [-0.39, 0.29) is 5.41 Å². The first-order valence-corrected chi connectivity index (χ1v) is 5.39. The molecule has 0 atom stereocenters. The van der Waals surface area contributed by atoms with Crippen LogP contribution in [0.3, 0.4) is 0 Å². The highest BCUT2D eigenvalue weighted by Gasteiger charge is 2.17. The van der Waals surface area contributed by atoms with Gasteiger partial charge >= 0.3 is 0 Å². The molecule has 74 valence electrons. The van der Waals surface area contributed by atoms with Gasteiger partial charge in [0.05, 0.1) is 16.9 Å². The molecule has 0 spiro atoms. The summed E-state index contributed by atoms with van der Waals surface area (Å²) >= 11 is 1.60. The second kappa shape index (κ2) is 2.98. The molecule has 3 nitrogen and oxygen atoms in total. The van der Waals surface area contributed by atoms with E-state index < -0.39 is 0 Å². The summed E-state index contributed by atoms with van der Waals surface area (Å²) in [5.41, 5.74) is 1.84. The number of hydrogen-bond acceptors (Lipinski definition) is 4. The first kappa shape index (κ1) is 9.52. The van der Waals surface area contributed by atoms with Crippen LogP contribution in [0.1, 0.15) is 31.5 Å². The minimum atomic E-state index is 0.0546. The summed E-state index contributed by atoms with van der Waals surface area (Å²) in [6.07, 6.45) is 1.82. The summed E-state index contributed by atoms with van der Waals surface area (Å²) in [5, 5.41) is 1.02. The standard InChI is InChI=1S/C10H13N3S/c1-6-12-8-9(14-6)13-7(5-11-8)10(2,3)4/h5H,1-4H3. The number of rotatable bonds is 0. The quantitative estimate of drug-likeness (QED) is 0.666. The molecule has 0 aliphatic carbocycles. The molecule has 0 N–H and O–H groups in total. The third-order valence-electron chi connectivity index (χ3n) is 2.00. The Kier molecular flexibility index (Phi) is 2.03. The number of aromatic nitrogens is 3. The lowest BCUT2D eigenvalue weighted by Gasteiger charge is -2.16. The molecule has 0 saturated carbocycles. The van der Waals surface area contributed by atoms with Crippen molar-refractivity contribution in [3.8, 4) is 0 Å². The van der Waals surface area contributed by atoms with E-state index in [1.807, 2.05) is 13.1 Å². The number of aryl methyl sites for hydroxylation is 1. The second-order valence-electron chi connectivity index (χ2n) is 4.37. The molecule has 4 heteroatoms. The van der Waals surface area contributed by atoms with Crippen molar-refractivity contribution in [1.29, 1.82) is 0 Å². The third-order valence-corrected chi connectivity index (χ3v) is 2.85. The van der Waals surface area contributed by atoms with E-state index in [1.165, 1.54) is 0 Å². The molecule has 2 heterocycles. The van der Waals surface area contributed by atoms with Crippen molar-refractivity contribution in [2.75, 3.05) is 0 Å². The summed E-state index contributed by atoms with van der Waals surface area (Å²) < 4.78 is 0. The minimum Gasteiger partial charge on any atom is -0.236 e. The molecule has 0 fully saturated rings. The molecule has 0 aliphatic rings. The van der Waals surface area contributed by atoms with Crippen LogP contribution in [0.2, 0.25) is 0 Å². The van der Waals surface area contributed by atoms with Crippen molar-refractivity contribution < 1.29 is 0 Å². The van der Waals surface area contributed by atoms with Crippen molar-refractivity contribution >= 4 is 21.8 Å². The van der Waals surface area contributed by atoms with Gasteiger partial charge in [0.1, 0.15) is 0 Å². The lowest BCUT2D eigenvalue weighted by molar-refractivity contribution is 0.569. The van der Waals surface area contributed by atoms with E-state index in [4.69, 9.17) is 0 Å². The summed E-state index contributed by atoms with van der Waals surface area (Å²) in [4.78, 5) is 14.1. The molecular formula is C10H13N3S. The van der Waals surface area contributed by atoms with E-state index in [2.05, 4.69) is 35.7 Å². The molecule has 0 radical (unpaired) electrons. The second-order valence-corrected chi connectivity index (χ2v) is 5.55. The Balaban J connectivity index is 2.62. The van der Waals surface area contributed by atoms with Gasteiger partial charge in [0.25, 0.3) is 0 Å². The maximum atomic E-state index is 4.56. The van der Waals surface area contributed by atoms with Gasteiger partial charge in [-0.2, -0.15) is 0 Å². The predicted octanol–water partition coefficient (Wildman–Crippen LogP) is 2.69. The maximum Gasteiger partial charge on any atom is 0.189 e. The van der Waals surface area contributed by atoms with E-state index in [0.717, 1.165) is 21.2 Å². The van der Waals surface area contributed by atoms with Crippen molar-refractivity contribution in [3.05, 3.63) is 16.9 Å². The molecule has 2 rings (SSSR count). The molecule has 0 amide bonds. The van der Waals surface area contributed by atoms with Gasteiger partial charge in [-0.1, -0.05) is 32.1 Å². The van der Waals surface area contributed by atoms with Crippen molar-refractivity contribution in [2.45, 2.75) is 33.1 Å². The van der Waals surface area contributed by atoms with E-state index in [0.29, 0.717) is 0 Å². The number of thiazole rings is 1. The third kappa shape index (κ3) is 1.62. The van der Waals surface area contributed by atoms with Crippen LogP contribution in [0, 0.1) is 6.92 Å².